The predicted molar refractivity (Wildman–Crippen MR) is 68.5 cm³/mol. The number of benzene rings is 1. The van der Waals surface area contributed by atoms with Gasteiger partial charge in [-0.3, -0.25) is 4.79 Å². The van der Waals surface area contributed by atoms with Crippen LogP contribution in [0.1, 0.15) is 0 Å². The smallest absolute Gasteiger partial charge is 0.328 e. The van der Waals surface area contributed by atoms with Crippen molar-refractivity contribution in [3.8, 4) is 0 Å². The highest BCUT2D eigenvalue weighted by Gasteiger charge is 2.19. The van der Waals surface area contributed by atoms with E-state index in [1.807, 2.05) is 0 Å². The zero-order chi connectivity index (χ0) is 15.1. The molecule has 0 aliphatic heterocycles. The van der Waals surface area contributed by atoms with Crippen molar-refractivity contribution in [2.45, 2.75) is 10.9 Å². The van der Waals surface area contributed by atoms with Crippen molar-refractivity contribution in [3.63, 3.8) is 0 Å². The molecular weight excluding hydrogens is 292 g/mol. The normalized spacial score (nSPS) is 11.9. The third kappa shape index (κ3) is 5.14. The van der Waals surface area contributed by atoms with E-state index < -0.39 is 29.6 Å². The number of nitrogens with one attached hydrogen (secondary N) is 1. The van der Waals surface area contributed by atoms with E-state index in [4.69, 9.17) is 5.11 Å². The number of rotatable bonds is 7. The SMILES string of the molecule is COCC(NC(=O)CSc1ccc(F)c(F)c1)C(=O)O. The van der Waals surface area contributed by atoms with Gasteiger partial charge in [-0.2, -0.15) is 0 Å². The van der Waals surface area contributed by atoms with Gasteiger partial charge in [-0.25, -0.2) is 13.6 Å². The summed E-state index contributed by atoms with van der Waals surface area (Å²) in [7, 11) is 1.32. The van der Waals surface area contributed by atoms with Crippen molar-refractivity contribution in [2.24, 2.45) is 0 Å². The average molecular weight is 305 g/mol. The van der Waals surface area contributed by atoms with Gasteiger partial charge in [-0.15, -0.1) is 11.8 Å². The van der Waals surface area contributed by atoms with Crippen LogP contribution < -0.4 is 5.32 Å². The maximum Gasteiger partial charge on any atom is 0.328 e. The molecule has 2 N–H and O–H groups in total. The van der Waals surface area contributed by atoms with E-state index in [9.17, 15) is 18.4 Å². The van der Waals surface area contributed by atoms with Gasteiger partial charge in [0, 0.05) is 12.0 Å². The van der Waals surface area contributed by atoms with Crippen LogP contribution in [0, 0.1) is 11.6 Å². The van der Waals surface area contributed by atoms with Crippen LogP contribution in [0.4, 0.5) is 8.78 Å². The van der Waals surface area contributed by atoms with Crippen LogP contribution in [0.3, 0.4) is 0 Å². The number of carbonyl (C=O) groups excluding carboxylic acids is 1. The maximum atomic E-state index is 12.9. The quantitative estimate of drug-likeness (QED) is 0.742. The van der Waals surface area contributed by atoms with Gasteiger partial charge in [0.15, 0.2) is 17.7 Å². The molecule has 1 aromatic rings. The number of carboxylic acid groups (broad SMARTS) is 1. The third-order valence-electron chi connectivity index (χ3n) is 2.23. The van der Waals surface area contributed by atoms with E-state index in [2.05, 4.69) is 10.1 Å². The minimum absolute atomic E-state index is 0.113. The summed E-state index contributed by atoms with van der Waals surface area (Å²) in [4.78, 5) is 22.7. The number of carbonyl (C=O) groups is 2. The fraction of sp³-hybridized carbons (Fsp3) is 0.333. The highest BCUT2D eigenvalue weighted by molar-refractivity contribution is 8.00. The molecule has 110 valence electrons. The first-order chi connectivity index (χ1) is 9.43. The maximum absolute atomic E-state index is 12.9. The van der Waals surface area contributed by atoms with Crippen molar-refractivity contribution >= 4 is 23.6 Å². The molecule has 0 saturated carbocycles. The number of methoxy groups -OCH3 is 1. The molecule has 0 saturated heterocycles. The first-order valence-electron chi connectivity index (χ1n) is 5.53. The average Bonchev–Trinajstić information content (AvgIpc) is 2.39. The summed E-state index contributed by atoms with van der Waals surface area (Å²) in [6.07, 6.45) is 0. The lowest BCUT2D eigenvalue weighted by atomic mass is 10.3. The van der Waals surface area contributed by atoms with Gasteiger partial charge in [-0.05, 0) is 18.2 Å². The number of hydrogen-bond acceptors (Lipinski definition) is 4. The number of carboxylic acids is 1. The number of hydrogen-bond donors (Lipinski definition) is 2. The van der Waals surface area contributed by atoms with Gasteiger partial charge in [0.05, 0.1) is 12.4 Å². The van der Waals surface area contributed by atoms with Crippen molar-refractivity contribution in [1.82, 2.24) is 5.32 Å². The Labute approximate surface area is 118 Å². The van der Waals surface area contributed by atoms with E-state index in [-0.39, 0.29) is 12.4 Å². The number of amides is 1. The molecule has 0 radical (unpaired) electrons. The standard InChI is InChI=1S/C12H13F2NO4S/c1-19-5-10(12(17)18)15-11(16)6-20-7-2-3-8(13)9(14)4-7/h2-4,10H,5-6H2,1H3,(H,15,16)(H,17,18). The van der Waals surface area contributed by atoms with Gasteiger partial charge in [-0.1, -0.05) is 0 Å². The van der Waals surface area contributed by atoms with Crippen LogP contribution in [0.15, 0.2) is 23.1 Å². The lowest BCUT2D eigenvalue weighted by molar-refractivity contribution is -0.142. The second-order valence-corrected chi connectivity index (χ2v) is 4.83. The Morgan fingerprint density at radius 1 is 1.40 bits per heavy atom. The highest BCUT2D eigenvalue weighted by Crippen LogP contribution is 2.20. The molecular formula is C12H13F2NO4S. The second kappa shape index (κ2) is 7.81. The number of halogens is 2. The van der Waals surface area contributed by atoms with Gasteiger partial charge in [0.2, 0.25) is 5.91 Å². The van der Waals surface area contributed by atoms with E-state index in [1.54, 1.807) is 0 Å². The van der Waals surface area contributed by atoms with Gasteiger partial charge in [0.25, 0.3) is 0 Å². The fourth-order valence-electron chi connectivity index (χ4n) is 1.29. The largest absolute Gasteiger partial charge is 0.480 e. The molecule has 0 bridgehead atoms. The number of ether oxygens (including phenoxy) is 1. The molecule has 0 aliphatic carbocycles. The molecule has 20 heavy (non-hydrogen) atoms. The summed E-state index contributed by atoms with van der Waals surface area (Å²) in [6.45, 7) is -0.156. The summed E-state index contributed by atoms with van der Waals surface area (Å²) in [5.41, 5.74) is 0. The molecule has 1 unspecified atom stereocenters. The Morgan fingerprint density at radius 3 is 2.65 bits per heavy atom. The molecule has 1 rings (SSSR count). The molecule has 5 nitrogen and oxygen atoms in total. The lowest BCUT2D eigenvalue weighted by Gasteiger charge is -2.13. The summed E-state index contributed by atoms with van der Waals surface area (Å²) in [5.74, 6) is -3.83. The predicted octanol–water partition coefficient (Wildman–Crippen LogP) is 1.27. The van der Waals surface area contributed by atoms with Crippen molar-refractivity contribution in [3.05, 3.63) is 29.8 Å². The molecule has 1 atom stereocenters. The first kappa shape index (κ1) is 16.4. The van der Waals surface area contributed by atoms with E-state index in [1.165, 1.54) is 13.2 Å². The van der Waals surface area contributed by atoms with Crippen LogP contribution in [-0.2, 0) is 14.3 Å². The van der Waals surface area contributed by atoms with Gasteiger partial charge >= 0.3 is 5.97 Å². The molecule has 0 fully saturated rings. The first-order valence-corrected chi connectivity index (χ1v) is 6.51. The molecule has 0 spiro atoms. The number of aliphatic carboxylic acids is 1. The van der Waals surface area contributed by atoms with Crippen LogP contribution in [-0.4, -0.2) is 42.5 Å². The minimum Gasteiger partial charge on any atom is -0.480 e. The zero-order valence-electron chi connectivity index (χ0n) is 10.6. The van der Waals surface area contributed by atoms with Crippen LogP contribution in [0.25, 0.3) is 0 Å². The summed E-state index contributed by atoms with van der Waals surface area (Å²) in [5, 5.41) is 11.1. The monoisotopic (exact) mass is 305 g/mol. The van der Waals surface area contributed by atoms with Crippen molar-refractivity contribution in [2.75, 3.05) is 19.5 Å². The Bertz CT molecular complexity index is 498. The molecule has 8 heteroatoms. The van der Waals surface area contributed by atoms with Gasteiger partial charge < -0.3 is 15.2 Å². The van der Waals surface area contributed by atoms with E-state index in [0.717, 1.165) is 23.9 Å². The van der Waals surface area contributed by atoms with Crippen LogP contribution >= 0.6 is 11.8 Å². The van der Waals surface area contributed by atoms with Crippen LogP contribution in [0.2, 0.25) is 0 Å². The minimum atomic E-state index is -1.21. The molecule has 1 amide bonds. The second-order valence-electron chi connectivity index (χ2n) is 3.78. The lowest BCUT2D eigenvalue weighted by Crippen LogP contribution is -2.44. The zero-order valence-corrected chi connectivity index (χ0v) is 11.4. The number of thioether (sulfide) groups is 1. The fourth-order valence-corrected chi connectivity index (χ4v) is 2.03. The molecule has 0 aliphatic rings. The highest BCUT2D eigenvalue weighted by atomic mass is 32.2. The Balaban J connectivity index is 2.50. The molecule has 0 aromatic heterocycles. The van der Waals surface area contributed by atoms with Crippen LogP contribution in [0.5, 0.6) is 0 Å². The molecule has 1 aromatic carbocycles. The summed E-state index contributed by atoms with van der Waals surface area (Å²) >= 11 is 0.971. The summed E-state index contributed by atoms with van der Waals surface area (Å²) < 4.78 is 30.3. The van der Waals surface area contributed by atoms with Crippen molar-refractivity contribution < 1.29 is 28.2 Å². The molecule has 0 heterocycles. The van der Waals surface area contributed by atoms with Crippen molar-refractivity contribution in [1.29, 1.82) is 0 Å². The Hall–Kier alpha value is -1.67. The van der Waals surface area contributed by atoms with Gasteiger partial charge in [0.1, 0.15) is 0 Å². The Kier molecular flexibility index (Phi) is 6.40. The topological polar surface area (TPSA) is 75.6 Å². The summed E-state index contributed by atoms with van der Waals surface area (Å²) in [6, 6.07) is 2.12. The van der Waals surface area contributed by atoms with E-state index in [0.29, 0.717) is 4.90 Å². The van der Waals surface area contributed by atoms with E-state index >= 15 is 0 Å². The Morgan fingerprint density at radius 2 is 2.10 bits per heavy atom. The third-order valence-corrected chi connectivity index (χ3v) is 3.22.